The van der Waals surface area contributed by atoms with Crippen LogP contribution in [0.4, 0.5) is 22.4 Å². The van der Waals surface area contributed by atoms with Crippen LogP contribution >= 0.6 is 0 Å². The summed E-state index contributed by atoms with van der Waals surface area (Å²) in [4.78, 5) is 25.0. The summed E-state index contributed by atoms with van der Waals surface area (Å²) in [5.74, 6) is -0.594. The molecule has 1 aromatic carbocycles. The van der Waals surface area contributed by atoms with Crippen LogP contribution in [0.25, 0.3) is 0 Å². The number of amides is 2. The smallest absolute Gasteiger partial charge is 0.320 e. The predicted molar refractivity (Wildman–Crippen MR) is 105 cm³/mol. The van der Waals surface area contributed by atoms with Gasteiger partial charge in [0.15, 0.2) is 9.84 Å². The van der Waals surface area contributed by atoms with Gasteiger partial charge in [-0.1, -0.05) is 6.07 Å². The first-order valence-corrected chi connectivity index (χ1v) is 11.5. The predicted octanol–water partition coefficient (Wildman–Crippen LogP) is 2.35. The Balaban J connectivity index is 0.000000501. The molecule has 2 aliphatic rings. The molecule has 2 amide bonds. The molecule has 0 aromatic heterocycles. The van der Waals surface area contributed by atoms with E-state index < -0.39 is 28.1 Å². The second kappa shape index (κ2) is 9.94. The third kappa shape index (κ3) is 6.89. The number of piperidine rings is 1. The monoisotopic (exact) mass is 467 g/mol. The Bertz CT molecular complexity index is 902. The van der Waals surface area contributed by atoms with Gasteiger partial charge in [-0.15, -0.1) is 0 Å². The van der Waals surface area contributed by atoms with Crippen molar-refractivity contribution in [2.75, 3.05) is 25.9 Å². The highest BCUT2D eigenvalue weighted by Gasteiger charge is 2.38. The molecule has 2 aliphatic heterocycles. The lowest BCUT2D eigenvalue weighted by atomic mass is 10.1. The van der Waals surface area contributed by atoms with Crippen molar-refractivity contribution in [2.24, 2.45) is 0 Å². The maximum Gasteiger partial charge on any atom is 0.446 e. The fourth-order valence-corrected chi connectivity index (χ4v) is 4.17. The summed E-state index contributed by atoms with van der Waals surface area (Å²) in [7, 11) is -3.45. The minimum absolute atomic E-state index is 0.00336. The van der Waals surface area contributed by atoms with Crippen molar-refractivity contribution in [1.82, 2.24) is 15.1 Å². The van der Waals surface area contributed by atoms with E-state index in [-0.39, 0.29) is 29.6 Å². The van der Waals surface area contributed by atoms with E-state index in [4.69, 9.17) is 4.79 Å². The summed E-state index contributed by atoms with van der Waals surface area (Å²) >= 11 is 0. The average molecular weight is 467 g/mol. The van der Waals surface area contributed by atoms with Crippen molar-refractivity contribution in [2.45, 2.75) is 49.5 Å². The lowest BCUT2D eigenvalue weighted by molar-refractivity contribution is -0.156. The van der Waals surface area contributed by atoms with Crippen LogP contribution in [-0.4, -0.2) is 74.7 Å². The first-order chi connectivity index (χ1) is 14.3. The van der Waals surface area contributed by atoms with E-state index in [0.717, 1.165) is 38.3 Å². The lowest BCUT2D eigenvalue weighted by Gasteiger charge is -2.31. The van der Waals surface area contributed by atoms with Crippen molar-refractivity contribution >= 4 is 22.2 Å². The van der Waals surface area contributed by atoms with E-state index >= 15 is 0 Å². The van der Waals surface area contributed by atoms with Crippen molar-refractivity contribution in [3.8, 4) is 0 Å². The van der Waals surface area contributed by atoms with E-state index in [9.17, 15) is 30.8 Å². The number of benzene rings is 1. The molecule has 1 atom stereocenters. The molecule has 31 heavy (non-hydrogen) atoms. The van der Waals surface area contributed by atoms with Gasteiger partial charge in [0.25, 0.3) is 0 Å². The Morgan fingerprint density at radius 2 is 1.81 bits per heavy atom. The molecule has 2 saturated heterocycles. The highest BCUT2D eigenvalue weighted by molar-refractivity contribution is 7.90. The molecular formula is C19H25F4N3O4S. The molecule has 7 nitrogen and oxygen atoms in total. The molecule has 0 bridgehead atoms. The van der Waals surface area contributed by atoms with Crippen molar-refractivity contribution in [1.29, 1.82) is 0 Å². The summed E-state index contributed by atoms with van der Waals surface area (Å²) in [6, 6.07) is 4.05. The van der Waals surface area contributed by atoms with Gasteiger partial charge in [-0.05, 0) is 45.0 Å². The molecule has 0 radical (unpaired) electrons. The molecule has 1 unspecified atom stereocenters. The highest BCUT2D eigenvalue weighted by atomic mass is 32.2. The van der Waals surface area contributed by atoms with Crippen LogP contribution in [0.15, 0.2) is 23.1 Å². The second-order valence-corrected chi connectivity index (χ2v) is 9.59. The van der Waals surface area contributed by atoms with Crippen molar-refractivity contribution < 1.29 is 35.6 Å². The first kappa shape index (κ1) is 25.1. The molecule has 0 aliphatic carbocycles. The zero-order valence-corrected chi connectivity index (χ0v) is 18.0. The summed E-state index contributed by atoms with van der Waals surface area (Å²) in [5.41, 5.74) is 0.333. The maximum atomic E-state index is 14.3. The van der Waals surface area contributed by atoms with Crippen LogP contribution < -0.4 is 5.32 Å². The van der Waals surface area contributed by atoms with Crippen LogP contribution in [0, 0.1) is 5.82 Å². The van der Waals surface area contributed by atoms with E-state index in [0.29, 0.717) is 12.1 Å². The molecule has 12 heteroatoms. The number of sulfone groups is 1. The molecule has 3 rings (SSSR count). The Morgan fingerprint density at radius 1 is 1.23 bits per heavy atom. The van der Waals surface area contributed by atoms with Crippen LogP contribution in [0.1, 0.15) is 25.3 Å². The SMILES string of the molecule is CC1CN(C2CCNCC2)C(=O)N1Cc1ccc(S(C)(=O)=O)cc1F.O=CC(F)(F)F. The van der Waals surface area contributed by atoms with Gasteiger partial charge in [-0.3, -0.25) is 4.79 Å². The molecular weight excluding hydrogens is 442 g/mol. The normalized spacial score (nSPS) is 20.5. The molecule has 2 fully saturated rings. The number of carbonyl (C=O) groups excluding carboxylic acids is 2. The Hall–Kier alpha value is -2.21. The third-order valence-corrected chi connectivity index (χ3v) is 6.27. The Kier molecular flexibility index (Phi) is 8.04. The number of nitrogens with one attached hydrogen (secondary N) is 1. The summed E-state index contributed by atoms with van der Waals surface area (Å²) in [5, 5.41) is 3.29. The number of hydrogen-bond donors (Lipinski definition) is 1. The van der Waals surface area contributed by atoms with Gasteiger partial charge >= 0.3 is 12.2 Å². The summed E-state index contributed by atoms with van der Waals surface area (Å²) in [6.45, 7) is 4.57. The van der Waals surface area contributed by atoms with Crippen molar-refractivity contribution in [3.05, 3.63) is 29.6 Å². The van der Waals surface area contributed by atoms with Gasteiger partial charge < -0.3 is 15.1 Å². The van der Waals surface area contributed by atoms with Crippen LogP contribution in [0.3, 0.4) is 0 Å². The first-order valence-electron chi connectivity index (χ1n) is 9.63. The maximum absolute atomic E-state index is 14.3. The fraction of sp³-hybridized carbons (Fsp3) is 0.579. The fourth-order valence-electron chi connectivity index (χ4n) is 3.53. The quantitative estimate of drug-likeness (QED) is 0.543. The zero-order chi connectivity index (χ0) is 23.4. The summed E-state index contributed by atoms with van der Waals surface area (Å²) in [6.07, 6.45) is -2.79. The van der Waals surface area contributed by atoms with E-state index in [2.05, 4.69) is 5.32 Å². The Morgan fingerprint density at radius 3 is 2.29 bits per heavy atom. The number of alkyl halides is 3. The molecule has 2 heterocycles. The molecule has 1 N–H and O–H groups in total. The zero-order valence-electron chi connectivity index (χ0n) is 17.2. The number of carbonyl (C=O) groups is 2. The van der Waals surface area contributed by atoms with Crippen LogP contribution in [0.2, 0.25) is 0 Å². The van der Waals surface area contributed by atoms with Gasteiger partial charge in [0.05, 0.1) is 11.4 Å². The minimum Gasteiger partial charge on any atom is -0.320 e. The van der Waals surface area contributed by atoms with Gasteiger partial charge in [0.2, 0.25) is 6.29 Å². The number of rotatable bonds is 4. The van der Waals surface area contributed by atoms with E-state index in [1.807, 2.05) is 11.8 Å². The number of halogens is 4. The highest BCUT2D eigenvalue weighted by Crippen LogP contribution is 2.25. The van der Waals surface area contributed by atoms with E-state index in [1.165, 1.54) is 12.1 Å². The van der Waals surface area contributed by atoms with Crippen LogP contribution in [-0.2, 0) is 21.2 Å². The third-order valence-electron chi connectivity index (χ3n) is 5.16. The standard InChI is InChI=1S/C17H24FN3O3S.C2HF3O/c1-12-10-21(14-5-7-19-8-6-14)17(22)20(12)11-13-3-4-15(9-16(13)18)25(2,23)24;3-2(4,5)1-6/h3-4,9,12,14,19H,5-8,10-11H2,1-2H3;1H. The van der Waals surface area contributed by atoms with Gasteiger partial charge in [-0.2, -0.15) is 13.2 Å². The van der Waals surface area contributed by atoms with Crippen LogP contribution in [0.5, 0.6) is 0 Å². The number of nitrogens with zero attached hydrogens (tertiary/aromatic N) is 2. The average Bonchev–Trinajstić information content (AvgIpc) is 2.97. The lowest BCUT2D eigenvalue weighted by Crippen LogP contribution is -2.45. The minimum atomic E-state index is -4.64. The van der Waals surface area contributed by atoms with E-state index in [1.54, 1.807) is 4.90 Å². The molecule has 0 saturated carbocycles. The largest absolute Gasteiger partial charge is 0.446 e. The molecule has 0 spiro atoms. The van der Waals surface area contributed by atoms with Gasteiger partial charge in [0.1, 0.15) is 5.82 Å². The van der Waals surface area contributed by atoms with Crippen molar-refractivity contribution in [3.63, 3.8) is 0 Å². The van der Waals surface area contributed by atoms with Gasteiger partial charge in [-0.25, -0.2) is 17.6 Å². The summed E-state index contributed by atoms with van der Waals surface area (Å²) < 4.78 is 68.6. The Labute approximate surface area is 178 Å². The second-order valence-electron chi connectivity index (χ2n) is 7.58. The topological polar surface area (TPSA) is 86.8 Å². The molecule has 174 valence electrons. The number of hydrogen-bond acceptors (Lipinski definition) is 5. The number of urea groups is 1. The molecule has 1 aromatic rings. The number of aldehydes is 1. The van der Waals surface area contributed by atoms with Gasteiger partial charge in [0, 0.05) is 30.4 Å².